The van der Waals surface area contributed by atoms with Gasteiger partial charge in [0.15, 0.2) is 0 Å². The van der Waals surface area contributed by atoms with Crippen molar-refractivity contribution >= 4 is 23.3 Å². The summed E-state index contributed by atoms with van der Waals surface area (Å²) in [5.41, 5.74) is 0.256. The van der Waals surface area contributed by atoms with Gasteiger partial charge in [0.05, 0.1) is 5.70 Å². The first kappa shape index (κ1) is 12.7. The maximum absolute atomic E-state index is 11.4. The van der Waals surface area contributed by atoms with Crippen molar-refractivity contribution in [3.63, 3.8) is 0 Å². The summed E-state index contributed by atoms with van der Waals surface area (Å²) in [5.74, 6) is -1.17. The summed E-state index contributed by atoms with van der Waals surface area (Å²) in [6, 6.07) is 1.69. The van der Waals surface area contributed by atoms with Gasteiger partial charge in [-0.15, -0.1) is 0 Å². The molecule has 0 aromatic carbocycles. The fraction of sp³-hybridized carbons (Fsp3) is 0.273. The zero-order valence-electron chi connectivity index (χ0n) is 9.63. The smallest absolute Gasteiger partial charge is 0.340 e. The van der Waals surface area contributed by atoms with Crippen molar-refractivity contribution in [3.05, 3.63) is 36.3 Å². The average Bonchev–Trinajstić information content (AvgIpc) is 2.81. The molecule has 0 radical (unpaired) electrons. The van der Waals surface area contributed by atoms with Gasteiger partial charge < -0.3 is 15.2 Å². The van der Waals surface area contributed by atoms with Crippen LogP contribution in [0.5, 0.6) is 0 Å². The number of hydrogen-bond acceptors (Lipinski definition) is 4. The summed E-state index contributed by atoms with van der Waals surface area (Å²) >= 11 is 6.18. The quantitative estimate of drug-likeness (QED) is 0.635. The number of allylic oxidation sites excluding steroid dienone is 2. The number of carboxylic acid groups (broad SMARTS) is 1. The van der Waals surface area contributed by atoms with Gasteiger partial charge in [-0.3, -0.25) is 0 Å². The molecule has 1 aromatic heterocycles. The van der Waals surface area contributed by atoms with Gasteiger partial charge >= 0.3 is 5.97 Å². The van der Waals surface area contributed by atoms with Crippen molar-refractivity contribution in [2.75, 3.05) is 6.61 Å². The van der Waals surface area contributed by atoms with E-state index in [0.717, 1.165) is 0 Å². The average molecular weight is 270 g/mol. The van der Waals surface area contributed by atoms with Crippen molar-refractivity contribution in [2.24, 2.45) is 0 Å². The molecule has 18 heavy (non-hydrogen) atoms. The number of aromatic nitrogens is 2. The molecule has 1 aliphatic heterocycles. The van der Waals surface area contributed by atoms with Crippen LogP contribution < -0.4 is 5.32 Å². The molecule has 1 atom stereocenters. The Labute approximate surface area is 108 Å². The highest BCUT2D eigenvalue weighted by molar-refractivity contribution is 6.28. The molecule has 2 rings (SSSR count). The third-order valence-corrected chi connectivity index (χ3v) is 2.80. The lowest BCUT2D eigenvalue weighted by molar-refractivity contribution is -0.135. The molecule has 0 spiro atoms. The van der Waals surface area contributed by atoms with Crippen molar-refractivity contribution in [1.82, 2.24) is 15.1 Å². The van der Waals surface area contributed by atoms with E-state index in [0.29, 0.717) is 5.70 Å². The molecular formula is C11H12ClN3O3. The molecular weight excluding hydrogens is 258 g/mol. The fourth-order valence-corrected chi connectivity index (χ4v) is 2.06. The summed E-state index contributed by atoms with van der Waals surface area (Å²) in [7, 11) is 0. The van der Waals surface area contributed by atoms with Crippen LogP contribution in [0.1, 0.15) is 6.92 Å². The zero-order valence-corrected chi connectivity index (χ0v) is 10.4. The lowest BCUT2D eigenvalue weighted by Gasteiger charge is -2.31. The topological polar surface area (TPSA) is 76.4 Å². The van der Waals surface area contributed by atoms with Crippen molar-refractivity contribution in [2.45, 2.75) is 12.1 Å². The Bertz CT molecular complexity index is 510. The molecule has 7 heteroatoms. The highest BCUT2D eigenvalue weighted by Crippen LogP contribution is 2.32. The number of rotatable bonds is 4. The Morgan fingerprint density at radius 1 is 1.72 bits per heavy atom. The van der Waals surface area contributed by atoms with Crippen LogP contribution in [-0.4, -0.2) is 32.6 Å². The number of halogens is 1. The third-order valence-electron chi connectivity index (χ3n) is 2.40. The maximum Gasteiger partial charge on any atom is 0.340 e. The summed E-state index contributed by atoms with van der Waals surface area (Å²) in [4.78, 5) is 11.4. The predicted octanol–water partition coefficient (Wildman–Crippen LogP) is 1.22. The van der Waals surface area contributed by atoms with Crippen LogP contribution in [0.4, 0.5) is 0 Å². The third kappa shape index (κ3) is 2.12. The second-order valence-corrected chi connectivity index (χ2v) is 4.05. The van der Waals surface area contributed by atoms with E-state index in [-0.39, 0.29) is 12.2 Å². The summed E-state index contributed by atoms with van der Waals surface area (Å²) in [6.07, 6.45) is 6.30. The molecule has 1 aromatic rings. The number of hydrogen-bond donors (Lipinski definition) is 2. The number of nitrogens with zero attached hydrogens (tertiary/aromatic N) is 2. The summed E-state index contributed by atoms with van der Waals surface area (Å²) in [6.45, 7) is 2.00. The Hall–Kier alpha value is -1.79. The standard InChI is InChI=1S/C11H12ClN3O3/c1-2-18-11(12)9(10(16)17)8(4-6-13-11)15-7-3-5-14-15/h3-7,13H,2H2,1H3,(H,16,17). The second kappa shape index (κ2) is 4.83. The molecule has 0 amide bonds. The molecule has 2 N–H and O–H groups in total. The molecule has 0 saturated carbocycles. The van der Waals surface area contributed by atoms with Crippen LogP contribution in [-0.2, 0) is 9.53 Å². The first-order valence-corrected chi connectivity index (χ1v) is 5.71. The largest absolute Gasteiger partial charge is 0.478 e. The van der Waals surface area contributed by atoms with Crippen molar-refractivity contribution in [3.8, 4) is 0 Å². The Balaban J connectivity index is 2.56. The molecule has 96 valence electrons. The number of alkyl halides is 1. The van der Waals surface area contributed by atoms with Gasteiger partial charge in [0.1, 0.15) is 5.57 Å². The minimum absolute atomic E-state index is 0.0998. The number of aliphatic carboxylic acids is 1. The first-order valence-electron chi connectivity index (χ1n) is 5.33. The Kier molecular flexibility index (Phi) is 3.40. The molecule has 0 bridgehead atoms. The summed E-state index contributed by atoms with van der Waals surface area (Å²) in [5, 5.41) is 14.4. The van der Waals surface area contributed by atoms with Gasteiger partial charge in [0.2, 0.25) is 0 Å². The van der Waals surface area contributed by atoms with Gasteiger partial charge in [-0.1, -0.05) is 11.6 Å². The summed E-state index contributed by atoms with van der Waals surface area (Å²) < 4.78 is 6.72. The van der Waals surface area contributed by atoms with Gasteiger partial charge in [-0.05, 0) is 19.1 Å². The van der Waals surface area contributed by atoms with E-state index in [1.807, 2.05) is 0 Å². The number of carboxylic acids is 1. The number of carbonyl (C=O) groups is 1. The van der Waals surface area contributed by atoms with E-state index >= 15 is 0 Å². The van der Waals surface area contributed by atoms with E-state index < -0.39 is 11.2 Å². The van der Waals surface area contributed by atoms with E-state index in [2.05, 4.69) is 10.4 Å². The maximum atomic E-state index is 11.4. The molecule has 0 aliphatic carbocycles. The lowest BCUT2D eigenvalue weighted by atomic mass is 10.1. The first-order chi connectivity index (χ1) is 8.58. The number of nitrogens with one attached hydrogen (secondary N) is 1. The van der Waals surface area contributed by atoms with Crippen LogP contribution >= 0.6 is 11.6 Å². The SMILES string of the molecule is CCOC1(Cl)NC=CC(n2cccn2)=C1C(=O)O. The number of dihydropyridines is 1. The molecule has 0 saturated heterocycles. The Morgan fingerprint density at radius 2 is 2.50 bits per heavy atom. The molecule has 1 unspecified atom stereocenters. The normalized spacial score (nSPS) is 23.0. The highest BCUT2D eigenvalue weighted by atomic mass is 35.5. The minimum Gasteiger partial charge on any atom is -0.478 e. The molecule has 2 heterocycles. The fourth-order valence-electron chi connectivity index (χ4n) is 1.71. The second-order valence-electron chi connectivity index (χ2n) is 3.52. The Morgan fingerprint density at radius 3 is 3.06 bits per heavy atom. The molecule has 6 nitrogen and oxygen atoms in total. The van der Waals surface area contributed by atoms with E-state index in [1.165, 1.54) is 10.9 Å². The molecule has 0 fully saturated rings. The van der Waals surface area contributed by atoms with Crippen molar-refractivity contribution < 1.29 is 14.6 Å². The van der Waals surface area contributed by atoms with Crippen LogP contribution in [0.15, 0.2) is 36.3 Å². The monoisotopic (exact) mass is 269 g/mol. The minimum atomic E-state index is -1.59. The van der Waals surface area contributed by atoms with Crippen LogP contribution in [0.2, 0.25) is 0 Å². The molecule has 1 aliphatic rings. The van der Waals surface area contributed by atoms with Crippen LogP contribution in [0.3, 0.4) is 0 Å². The van der Waals surface area contributed by atoms with E-state index in [9.17, 15) is 9.90 Å². The predicted molar refractivity (Wildman–Crippen MR) is 65.6 cm³/mol. The lowest BCUT2D eigenvalue weighted by Crippen LogP contribution is -2.46. The van der Waals surface area contributed by atoms with E-state index in [4.69, 9.17) is 16.3 Å². The van der Waals surface area contributed by atoms with Crippen LogP contribution in [0, 0.1) is 0 Å². The van der Waals surface area contributed by atoms with Crippen molar-refractivity contribution in [1.29, 1.82) is 0 Å². The van der Waals surface area contributed by atoms with Gasteiger partial charge in [0, 0.05) is 25.2 Å². The van der Waals surface area contributed by atoms with Gasteiger partial charge in [0.25, 0.3) is 5.18 Å². The van der Waals surface area contributed by atoms with E-state index in [1.54, 1.807) is 31.5 Å². The van der Waals surface area contributed by atoms with Gasteiger partial charge in [-0.25, -0.2) is 9.48 Å². The van der Waals surface area contributed by atoms with Gasteiger partial charge in [-0.2, -0.15) is 5.10 Å². The van der Waals surface area contributed by atoms with Crippen LogP contribution in [0.25, 0.3) is 5.70 Å². The number of ether oxygens (including phenoxy) is 1. The zero-order chi connectivity index (χ0) is 13.2. The highest BCUT2D eigenvalue weighted by Gasteiger charge is 2.41.